The van der Waals surface area contributed by atoms with Crippen molar-refractivity contribution in [3.63, 3.8) is 0 Å². The average Bonchev–Trinajstić information content (AvgIpc) is 3.06. The Hall–Kier alpha value is -1.24. The topological polar surface area (TPSA) is 33.4 Å². The number of halogens is 1. The molecule has 0 fully saturated rings. The van der Waals surface area contributed by atoms with Gasteiger partial charge in [-0.15, -0.1) is 11.3 Å². The van der Waals surface area contributed by atoms with Crippen molar-refractivity contribution in [1.82, 2.24) is 19.5 Å². The Labute approximate surface area is 130 Å². The standard InChI is InChI=1S/C14H15BrN4S/c1-18(5-4-13-3-2-6-20-13)9-11-7-17-19-10-12(15)8-16-14(11)19/h2-3,6-8,10H,4-5,9H2,1H3. The van der Waals surface area contributed by atoms with Crippen molar-refractivity contribution in [2.45, 2.75) is 13.0 Å². The van der Waals surface area contributed by atoms with Crippen molar-refractivity contribution in [3.05, 3.63) is 51.0 Å². The van der Waals surface area contributed by atoms with E-state index in [2.05, 4.69) is 55.5 Å². The maximum Gasteiger partial charge on any atom is 0.159 e. The minimum atomic E-state index is 0.865. The maximum absolute atomic E-state index is 4.43. The summed E-state index contributed by atoms with van der Waals surface area (Å²) >= 11 is 5.22. The first-order valence-corrected chi connectivity index (χ1v) is 8.08. The first kappa shape index (κ1) is 13.7. The van der Waals surface area contributed by atoms with Crippen molar-refractivity contribution in [3.8, 4) is 0 Å². The number of likely N-dealkylation sites (N-methyl/N-ethyl adjacent to an activating group) is 1. The van der Waals surface area contributed by atoms with E-state index < -0.39 is 0 Å². The molecule has 0 atom stereocenters. The Kier molecular flexibility index (Phi) is 4.14. The molecular formula is C14H15BrN4S. The number of hydrogen-bond donors (Lipinski definition) is 0. The zero-order valence-corrected chi connectivity index (χ0v) is 13.6. The molecule has 0 aromatic carbocycles. The van der Waals surface area contributed by atoms with E-state index in [0.29, 0.717) is 0 Å². The summed E-state index contributed by atoms with van der Waals surface area (Å²) in [6.45, 7) is 1.90. The fourth-order valence-electron chi connectivity index (χ4n) is 2.14. The molecule has 3 aromatic rings. The van der Waals surface area contributed by atoms with Crippen molar-refractivity contribution in [2.75, 3.05) is 13.6 Å². The average molecular weight is 351 g/mol. The van der Waals surface area contributed by atoms with Gasteiger partial charge in [-0.25, -0.2) is 9.50 Å². The summed E-state index contributed by atoms with van der Waals surface area (Å²) in [6, 6.07) is 4.29. The van der Waals surface area contributed by atoms with Crippen molar-refractivity contribution < 1.29 is 0 Å². The van der Waals surface area contributed by atoms with Gasteiger partial charge in [-0.2, -0.15) is 5.10 Å². The first-order chi connectivity index (χ1) is 9.72. The largest absolute Gasteiger partial charge is 0.302 e. The second kappa shape index (κ2) is 6.03. The van der Waals surface area contributed by atoms with Crippen LogP contribution in [0.4, 0.5) is 0 Å². The molecule has 3 aromatic heterocycles. The van der Waals surface area contributed by atoms with Crippen LogP contribution in [-0.4, -0.2) is 33.1 Å². The van der Waals surface area contributed by atoms with Crippen LogP contribution < -0.4 is 0 Å². The molecule has 4 nitrogen and oxygen atoms in total. The van der Waals surface area contributed by atoms with Crippen molar-refractivity contribution in [1.29, 1.82) is 0 Å². The number of aromatic nitrogens is 3. The summed E-state index contributed by atoms with van der Waals surface area (Å²) in [6.07, 6.45) is 6.73. The third kappa shape index (κ3) is 3.08. The van der Waals surface area contributed by atoms with Crippen molar-refractivity contribution >= 4 is 32.9 Å². The van der Waals surface area contributed by atoms with E-state index in [4.69, 9.17) is 0 Å². The Bertz CT molecular complexity index is 692. The molecule has 20 heavy (non-hydrogen) atoms. The summed E-state index contributed by atoms with van der Waals surface area (Å²) in [5, 5.41) is 6.47. The normalized spacial score (nSPS) is 11.6. The van der Waals surface area contributed by atoms with E-state index in [1.807, 2.05) is 34.4 Å². The SMILES string of the molecule is CN(CCc1cccs1)Cc1cnn2cc(Br)cnc12. The van der Waals surface area contributed by atoms with E-state index in [-0.39, 0.29) is 0 Å². The van der Waals surface area contributed by atoms with E-state index >= 15 is 0 Å². The van der Waals surface area contributed by atoms with Crippen LogP contribution in [0.2, 0.25) is 0 Å². The molecule has 0 aliphatic carbocycles. The van der Waals surface area contributed by atoms with E-state index in [1.165, 1.54) is 4.88 Å². The highest BCUT2D eigenvalue weighted by Crippen LogP contribution is 2.15. The van der Waals surface area contributed by atoms with Crippen LogP contribution in [0.15, 0.2) is 40.6 Å². The minimum absolute atomic E-state index is 0.865. The van der Waals surface area contributed by atoms with E-state index in [0.717, 1.165) is 35.2 Å². The highest BCUT2D eigenvalue weighted by molar-refractivity contribution is 9.10. The minimum Gasteiger partial charge on any atom is -0.302 e. The Morgan fingerprint density at radius 2 is 2.30 bits per heavy atom. The number of rotatable bonds is 5. The lowest BCUT2D eigenvalue weighted by molar-refractivity contribution is 0.333. The molecular weight excluding hydrogens is 336 g/mol. The summed E-state index contributed by atoms with van der Waals surface area (Å²) < 4.78 is 2.75. The van der Waals surface area contributed by atoms with Gasteiger partial charge in [0, 0.05) is 35.9 Å². The molecule has 6 heteroatoms. The fourth-order valence-corrected chi connectivity index (χ4v) is 3.13. The van der Waals surface area contributed by atoms with Gasteiger partial charge in [0.1, 0.15) is 0 Å². The highest BCUT2D eigenvalue weighted by atomic mass is 79.9. The van der Waals surface area contributed by atoms with Gasteiger partial charge in [0.05, 0.1) is 10.7 Å². The lowest BCUT2D eigenvalue weighted by atomic mass is 10.3. The Morgan fingerprint density at radius 1 is 1.40 bits per heavy atom. The Balaban J connectivity index is 1.66. The molecule has 3 rings (SSSR count). The molecule has 3 heterocycles. The van der Waals surface area contributed by atoms with E-state index in [1.54, 1.807) is 0 Å². The lowest BCUT2D eigenvalue weighted by Gasteiger charge is -2.14. The quantitative estimate of drug-likeness (QED) is 0.708. The molecule has 0 N–H and O–H groups in total. The predicted molar refractivity (Wildman–Crippen MR) is 85.0 cm³/mol. The second-order valence-corrected chi connectivity index (χ2v) is 6.73. The van der Waals surface area contributed by atoms with Crippen molar-refractivity contribution in [2.24, 2.45) is 0 Å². The molecule has 0 aliphatic heterocycles. The second-order valence-electron chi connectivity index (χ2n) is 4.78. The summed E-state index contributed by atoms with van der Waals surface area (Å²) in [5.41, 5.74) is 2.09. The number of hydrogen-bond acceptors (Lipinski definition) is 4. The lowest BCUT2D eigenvalue weighted by Crippen LogP contribution is -2.20. The molecule has 0 unspecified atom stereocenters. The van der Waals surface area contributed by atoms with Gasteiger partial charge in [0.15, 0.2) is 5.65 Å². The smallest absolute Gasteiger partial charge is 0.159 e. The molecule has 0 saturated carbocycles. The van der Waals surface area contributed by atoms with Gasteiger partial charge in [0.25, 0.3) is 0 Å². The molecule has 0 spiro atoms. The molecule has 0 saturated heterocycles. The molecule has 0 amide bonds. The number of nitrogens with zero attached hydrogens (tertiary/aromatic N) is 4. The first-order valence-electron chi connectivity index (χ1n) is 6.41. The Morgan fingerprint density at radius 3 is 3.10 bits per heavy atom. The van der Waals surface area contributed by atoms with Crippen LogP contribution in [0.3, 0.4) is 0 Å². The fraction of sp³-hybridized carbons (Fsp3) is 0.286. The summed E-state index contributed by atoms with van der Waals surface area (Å²) in [4.78, 5) is 8.17. The van der Waals surface area contributed by atoms with Crippen LogP contribution in [0.5, 0.6) is 0 Å². The molecule has 0 bridgehead atoms. The highest BCUT2D eigenvalue weighted by Gasteiger charge is 2.08. The molecule has 0 aliphatic rings. The van der Waals surface area contributed by atoms with Crippen LogP contribution in [0.25, 0.3) is 5.65 Å². The van der Waals surface area contributed by atoms with Gasteiger partial charge in [0.2, 0.25) is 0 Å². The van der Waals surface area contributed by atoms with Gasteiger partial charge in [-0.1, -0.05) is 6.07 Å². The third-order valence-electron chi connectivity index (χ3n) is 3.16. The van der Waals surface area contributed by atoms with Crippen LogP contribution in [0, 0.1) is 0 Å². The van der Waals surface area contributed by atoms with Crippen LogP contribution >= 0.6 is 27.3 Å². The number of thiophene rings is 1. The molecule has 0 radical (unpaired) electrons. The van der Waals surface area contributed by atoms with Crippen LogP contribution in [0.1, 0.15) is 10.4 Å². The summed E-state index contributed by atoms with van der Waals surface area (Å²) in [5.74, 6) is 0. The van der Waals surface area contributed by atoms with E-state index in [9.17, 15) is 0 Å². The number of fused-ring (bicyclic) bond motifs is 1. The van der Waals surface area contributed by atoms with Gasteiger partial charge in [-0.3, -0.25) is 0 Å². The zero-order chi connectivity index (χ0) is 13.9. The third-order valence-corrected chi connectivity index (χ3v) is 4.50. The van der Waals surface area contributed by atoms with Gasteiger partial charge < -0.3 is 4.90 Å². The predicted octanol–water partition coefficient (Wildman–Crippen LogP) is 3.23. The zero-order valence-electron chi connectivity index (χ0n) is 11.2. The summed E-state index contributed by atoms with van der Waals surface area (Å²) in [7, 11) is 2.13. The van der Waals surface area contributed by atoms with Gasteiger partial charge >= 0.3 is 0 Å². The molecule has 104 valence electrons. The van der Waals surface area contributed by atoms with Gasteiger partial charge in [-0.05, 0) is 40.8 Å². The monoisotopic (exact) mass is 350 g/mol. The van der Waals surface area contributed by atoms with Crippen LogP contribution in [-0.2, 0) is 13.0 Å². The maximum atomic E-state index is 4.43.